The third-order valence-corrected chi connectivity index (χ3v) is 4.28. The second-order valence-electron chi connectivity index (χ2n) is 7.14. The molecule has 1 N–H and O–H groups in total. The molecule has 0 radical (unpaired) electrons. The number of hydrogen-bond donors (Lipinski definition) is 1. The molecular formula is C16H27N3O2. The largest absolute Gasteiger partial charge is 0.393 e. The molecule has 1 aromatic heterocycles. The number of nitrogens with zero attached hydrogens (tertiary/aromatic N) is 3. The van der Waals surface area contributed by atoms with Crippen molar-refractivity contribution in [1.29, 1.82) is 0 Å². The maximum Gasteiger partial charge on any atom is 0.267 e. The molecule has 1 fully saturated rings. The summed E-state index contributed by atoms with van der Waals surface area (Å²) in [6.07, 6.45) is 1.72. The highest BCUT2D eigenvalue weighted by molar-refractivity contribution is 5.10. The van der Waals surface area contributed by atoms with Crippen LogP contribution in [0.3, 0.4) is 0 Å². The minimum absolute atomic E-state index is 0.0550. The molecule has 1 atom stereocenters. The number of likely N-dealkylation sites (tertiary alicyclic amines) is 1. The van der Waals surface area contributed by atoms with E-state index >= 15 is 0 Å². The van der Waals surface area contributed by atoms with Gasteiger partial charge in [0.15, 0.2) is 0 Å². The molecule has 0 amide bonds. The number of aliphatic hydroxyl groups excluding tert-OH is 1. The van der Waals surface area contributed by atoms with E-state index < -0.39 is 0 Å². The second-order valence-corrected chi connectivity index (χ2v) is 7.14. The highest BCUT2D eigenvalue weighted by Gasteiger charge is 2.23. The van der Waals surface area contributed by atoms with Gasteiger partial charge >= 0.3 is 0 Å². The topological polar surface area (TPSA) is 58.4 Å². The van der Waals surface area contributed by atoms with Crippen molar-refractivity contribution in [3.63, 3.8) is 0 Å². The number of aliphatic hydroxyl groups is 1. The van der Waals surface area contributed by atoms with Gasteiger partial charge in [-0.2, -0.15) is 5.10 Å². The van der Waals surface area contributed by atoms with Crippen LogP contribution in [0.4, 0.5) is 0 Å². The summed E-state index contributed by atoms with van der Waals surface area (Å²) in [5, 5.41) is 14.1. The van der Waals surface area contributed by atoms with E-state index in [1.54, 1.807) is 10.7 Å². The highest BCUT2D eigenvalue weighted by atomic mass is 16.3. The third kappa shape index (κ3) is 4.14. The van der Waals surface area contributed by atoms with Gasteiger partial charge in [-0.25, -0.2) is 4.68 Å². The van der Waals surface area contributed by atoms with Crippen LogP contribution in [-0.2, 0) is 12.1 Å². The van der Waals surface area contributed by atoms with Crippen molar-refractivity contribution in [2.45, 2.75) is 58.7 Å². The van der Waals surface area contributed by atoms with Gasteiger partial charge in [0, 0.05) is 24.6 Å². The molecule has 5 nitrogen and oxygen atoms in total. The fourth-order valence-corrected chi connectivity index (χ4v) is 2.72. The van der Waals surface area contributed by atoms with Crippen molar-refractivity contribution in [1.82, 2.24) is 14.7 Å². The Morgan fingerprint density at radius 2 is 1.95 bits per heavy atom. The molecule has 1 unspecified atom stereocenters. The lowest BCUT2D eigenvalue weighted by molar-refractivity contribution is 0.0584. The summed E-state index contributed by atoms with van der Waals surface area (Å²) >= 11 is 0. The molecule has 0 saturated carbocycles. The van der Waals surface area contributed by atoms with Gasteiger partial charge in [0.25, 0.3) is 5.56 Å². The minimum Gasteiger partial charge on any atom is -0.393 e. The Labute approximate surface area is 126 Å². The van der Waals surface area contributed by atoms with Gasteiger partial charge in [0.1, 0.15) is 0 Å². The lowest BCUT2D eigenvalue weighted by Crippen LogP contribution is -2.41. The van der Waals surface area contributed by atoms with E-state index in [-0.39, 0.29) is 17.1 Å². The Balaban J connectivity index is 2.05. The zero-order valence-corrected chi connectivity index (χ0v) is 13.5. The second kappa shape index (κ2) is 6.28. The van der Waals surface area contributed by atoms with Crippen molar-refractivity contribution in [2.24, 2.45) is 5.92 Å². The summed E-state index contributed by atoms with van der Waals surface area (Å²) in [5.41, 5.74) is 0.816. The molecule has 0 spiro atoms. The van der Waals surface area contributed by atoms with Gasteiger partial charge in [0.2, 0.25) is 0 Å². The smallest absolute Gasteiger partial charge is 0.267 e. The Morgan fingerprint density at radius 1 is 1.33 bits per heavy atom. The molecule has 0 bridgehead atoms. The quantitative estimate of drug-likeness (QED) is 0.919. The fraction of sp³-hybridized carbons (Fsp3) is 0.750. The van der Waals surface area contributed by atoms with Crippen LogP contribution in [-0.4, -0.2) is 39.0 Å². The van der Waals surface area contributed by atoms with Gasteiger partial charge in [-0.15, -0.1) is 0 Å². The first-order chi connectivity index (χ1) is 9.77. The molecule has 1 saturated heterocycles. The molecule has 1 aliphatic rings. The molecule has 21 heavy (non-hydrogen) atoms. The van der Waals surface area contributed by atoms with E-state index in [1.807, 2.05) is 13.0 Å². The Kier molecular flexibility index (Phi) is 4.84. The van der Waals surface area contributed by atoms with Gasteiger partial charge in [0.05, 0.1) is 18.5 Å². The van der Waals surface area contributed by atoms with E-state index in [0.717, 1.165) is 31.6 Å². The summed E-state index contributed by atoms with van der Waals surface area (Å²) in [6, 6.07) is 3.43. The molecule has 1 aliphatic heterocycles. The van der Waals surface area contributed by atoms with Gasteiger partial charge in [-0.05, 0) is 31.7 Å². The van der Waals surface area contributed by atoms with Crippen LogP contribution < -0.4 is 5.56 Å². The Bertz CT molecular complexity index is 523. The summed E-state index contributed by atoms with van der Waals surface area (Å²) in [4.78, 5) is 14.2. The SMILES string of the molecule is CC(O)C1CCN(Cn2nc(C(C)(C)C)ccc2=O)CC1. The highest BCUT2D eigenvalue weighted by Crippen LogP contribution is 2.21. The molecule has 5 heteroatoms. The van der Waals surface area contributed by atoms with Crippen LogP contribution in [0.15, 0.2) is 16.9 Å². The third-order valence-electron chi connectivity index (χ3n) is 4.28. The van der Waals surface area contributed by atoms with Crippen LogP contribution in [0, 0.1) is 5.92 Å². The first-order valence-electron chi connectivity index (χ1n) is 7.76. The minimum atomic E-state index is -0.239. The average molecular weight is 293 g/mol. The van der Waals surface area contributed by atoms with Crippen molar-refractivity contribution >= 4 is 0 Å². The zero-order chi connectivity index (χ0) is 15.6. The van der Waals surface area contributed by atoms with Crippen molar-refractivity contribution < 1.29 is 5.11 Å². The standard InChI is InChI=1S/C16H27N3O2/c1-12(20)13-7-9-18(10-8-13)11-19-15(21)6-5-14(17-19)16(2,3)4/h5-6,12-13,20H,7-11H2,1-4H3. The number of piperidine rings is 1. The van der Waals surface area contributed by atoms with Gasteiger partial charge in [-0.3, -0.25) is 9.69 Å². The van der Waals surface area contributed by atoms with E-state index in [9.17, 15) is 9.90 Å². The zero-order valence-electron chi connectivity index (χ0n) is 13.5. The van der Waals surface area contributed by atoms with Gasteiger partial charge in [-0.1, -0.05) is 20.8 Å². The van der Waals surface area contributed by atoms with E-state index in [4.69, 9.17) is 0 Å². The lowest BCUT2D eigenvalue weighted by Gasteiger charge is -2.33. The van der Waals surface area contributed by atoms with E-state index in [0.29, 0.717) is 12.6 Å². The molecule has 1 aromatic rings. The fourth-order valence-electron chi connectivity index (χ4n) is 2.72. The first-order valence-corrected chi connectivity index (χ1v) is 7.76. The van der Waals surface area contributed by atoms with Crippen molar-refractivity contribution in [3.8, 4) is 0 Å². The van der Waals surface area contributed by atoms with Crippen LogP contribution in [0.2, 0.25) is 0 Å². The maximum absolute atomic E-state index is 12.0. The van der Waals surface area contributed by atoms with E-state index in [2.05, 4.69) is 30.8 Å². The summed E-state index contributed by atoms with van der Waals surface area (Å²) < 4.78 is 1.56. The van der Waals surface area contributed by atoms with E-state index in [1.165, 1.54) is 0 Å². The van der Waals surface area contributed by atoms with Crippen LogP contribution in [0.1, 0.15) is 46.2 Å². The molecule has 0 aliphatic carbocycles. The summed E-state index contributed by atoms with van der Waals surface area (Å²) in [6.45, 7) is 10.5. The van der Waals surface area contributed by atoms with Crippen LogP contribution >= 0.6 is 0 Å². The normalized spacial score (nSPS) is 19.7. The molecule has 0 aromatic carbocycles. The first kappa shape index (κ1) is 16.2. The van der Waals surface area contributed by atoms with Crippen molar-refractivity contribution in [3.05, 3.63) is 28.2 Å². The Morgan fingerprint density at radius 3 is 2.48 bits per heavy atom. The van der Waals surface area contributed by atoms with Crippen LogP contribution in [0.5, 0.6) is 0 Å². The van der Waals surface area contributed by atoms with Crippen LogP contribution in [0.25, 0.3) is 0 Å². The maximum atomic E-state index is 12.0. The predicted molar refractivity (Wildman–Crippen MR) is 83.2 cm³/mol. The average Bonchev–Trinajstić information content (AvgIpc) is 2.40. The molecule has 2 heterocycles. The number of hydrogen-bond acceptors (Lipinski definition) is 4. The lowest BCUT2D eigenvalue weighted by atomic mass is 9.92. The molecule has 2 rings (SSSR count). The molecule has 118 valence electrons. The van der Waals surface area contributed by atoms with Gasteiger partial charge < -0.3 is 5.11 Å². The summed E-state index contributed by atoms with van der Waals surface area (Å²) in [5.74, 6) is 0.381. The predicted octanol–water partition coefficient (Wildman–Crippen LogP) is 1.59. The number of aromatic nitrogens is 2. The van der Waals surface area contributed by atoms with Crippen molar-refractivity contribution in [2.75, 3.05) is 13.1 Å². The summed E-state index contributed by atoms with van der Waals surface area (Å²) in [7, 11) is 0. The molecular weight excluding hydrogens is 266 g/mol. The Hall–Kier alpha value is -1.20. The monoisotopic (exact) mass is 293 g/mol. The number of rotatable bonds is 3.